The van der Waals surface area contributed by atoms with E-state index in [1.165, 1.54) is 4.90 Å². The average molecular weight is 231 g/mol. The third-order valence-corrected chi connectivity index (χ3v) is 2.54. The van der Waals surface area contributed by atoms with Crippen LogP contribution in [0, 0.1) is 0 Å². The molecule has 1 heterocycles. The number of hydrogen-bond acceptors (Lipinski definition) is 4. The second kappa shape index (κ2) is 5.01. The van der Waals surface area contributed by atoms with Gasteiger partial charge in [0, 0.05) is 7.11 Å². The Kier molecular flexibility index (Phi) is 4.15. The summed E-state index contributed by atoms with van der Waals surface area (Å²) in [5.74, 6) is 0. The Labute approximate surface area is 96.3 Å². The lowest BCUT2D eigenvalue weighted by Gasteiger charge is -2.31. The van der Waals surface area contributed by atoms with Crippen molar-refractivity contribution in [1.82, 2.24) is 4.90 Å². The SMILES string of the molecule is COC1CC[C@H](CO)N1C(=O)OC(C)(C)C. The molecule has 2 atom stereocenters. The first-order chi connectivity index (χ1) is 7.39. The van der Waals surface area contributed by atoms with E-state index in [9.17, 15) is 9.90 Å². The van der Waals surface area contributed by atoms with Crippen molar-refractivity contribution in [3.8, 4) is 0 Å². The molecule has 0 aromatic heterocycles. The van der Waals surface area contributed by atoms with Crippen LogP contribution < -0.4 is 0 Å². The van der Waals surface area contributed by atoms with Gasteiger partial charge in [0.2, 0.25) is 0 Å². The summed E-state index contributed by atoms with van der Waals surface area (Å²) in [6, 6.07) is -0.195. The summed E-state index contributed by atoms with van der Waals surface area (Å²) < 4.78 is 10.5. The van der Waals surface area contributed by atoms with Gasteiger partial charge in [-0.1, -0.05) is 0 Å². The number of carbonyl (C=O) groups is 1. The van der Waals surface area contributed by atoms with E-state index in [-0.39, 0.29) is 18.9 Å². The average Bonchev–Trinajstić information content (AvgIpc) is 2.57. The lowest BCUT2D eigenvalue weighted by Crippen LogP contribution is -2.46. The quantitative estimate of drug-likeness (QED) is 0.779. The molecule has 1 aliphatic heterocycles. The Hall–Kier alpha value is -0.810. The van der Waals surface area contributed by atoms with E-state index in [1.807, 2.05) is 20.8 Å². The molecule has 1 saturated heterocycles. The highest BCUT2D eigenvalue weighted by Gasteiger charge is 2.38. The molecule has 0 bridgehead atoms. The van der Waals surface area contributed by atoms with Crippen molar-refractivity contribution in [2.75, 3.05) is 13.7 Å². The zero-order valence-electron chi connectivity index (χ0n) is 10.4. The predicted molar refractivity (Wildman–Crippen MR) is 59.0 cm³/mol. The molecule has 0 saturated carbocycles. The zero-order chi connectivity index (χ0) is 12.3. The summed E-state index contributed by atoms with van der Waals surface area (Å²) in [7, 11) is 1.56. The zero-order valence-corrected chi connectivity index (χ0v) is 10.4. The molecule has 5 nitrogen and oxygen atoms in total. The number of aliphatic hydroxyl groups is 1. The van der Waals surface area contributed by atoms with Crippen molar-refractivity contribution in [2.45, 2.75) is 51.5 Å². The lowest BCUT2D eigenvalue weighted by molar-refractivity contribution is -0.0470. The molecule has 16 heavy (non-hydrogen) atoms. The summed E-state index contributed by atoms with van der Waals surface area (Å²) in [4.78, 5) is 13.4. The van der Waals surface area contributed by atoms with Crippen molar-refractivity contribution >= 4 is 6.09 Å². The van der Waals surface area contributed by atoms with Crippen LogP contribution in [0.1, 0.15) is 33.6 Å². The van der Waals surface area contributed by atoms with E-state index >= 15 is 0 Å². The second-order valence-corrected chi connectivity index (χ2v) is 4.99. The molecule has 5 heteroatoms. The van der Waals surface area contributed by atoms with Gasteiger partial charge >= 0.3 is 6.09 Å². The van der Waals surface area contributed by atoms with Gasteiger partial charge in [-0.15, -0.1) is 0 Å². The Morgan fingerprint density at radius 1 is 1.44 bits per heavy atom. The van der Waals surface area contributed by atoms with E-state index in [4.69, 9.17) is 9.47 Å². The topological polar surface area (TPSA) is 59.0 Å². The lowest BCUT2D eigenvalue weighted by atomic mass is 10.2. The molecule has 1 N–H and O–H groups in total. The molecule has 0 radical (unpaired) electrons. The summed E-state index contributed by atoms with van der Waals surface area (Å²) in [5.41, 5.74) is -0.530. The van der Waals surface area contributed by atoms with E-state index in [1.54, 1.807) is 7.11 Å². The van der Waals surface area contributed by atoms with Gasteiger partial charge in [0.25, 0.3) is 0 Å². The minimum atomic E-state index is -0.530. The third-order valence-electron chi connectivity index (χ3n) is 2.54. The Morgan fingerprint density at radius 2 is 2.06 bits per heavy atom. The van der Waals surface area contributed by atoms with Gasteiger partial charge in [0.1, 0.15) is 11.8 Å². The Balaban J connectivity index is 2.70. The summed E-state index contributed by atoms with van der Waals surface area (Å²) in [5, 5.41) is 9.19. The Bertz CT molecular complexity index is 237. The van der Waals surface area contributed by atoms with Crippen LogP contribution in [0.4, 0.5) is 4.79 Å². The molecule has 1 rings (SSSR count). The largest absolute Gasteiger partial charge is 0.444 e. The van der Waals surface area contributed by atoms with Gasteiger partial charge in [0.05, 0.1) is 12.6 Å². The number of ether oxygens (including phenoxy) is 2. The number of aliphatic hydroxyl groups excluding tert-OH is 1. The minimum absolute atomic E-state index is 0.0564. The first-order valence-electron chi connectivity index (χ1n) is 5.54. The van der Waals surface area contributed by atoms with Gasteiger partial charge in [0.15, 0.2) is 0 Å². The summed E-state index contributed by atoms with van der Waals surface area (Å²) >= 11 is 0. The fraction of sp³-hybridized carbons (Fsp3) is 0.909. The normalized spacial score (nSPS) is 25.9. The summed E-state index contributed by atoms with van der Waals surface area (Å²) in [6.45, 7) is 5.39. The van der Waals surface area contributed by atoms with Crippen molar-refractivity contribution < 1.29 is 19.4 Å². The van der Waals surface area contributed by atoms with Crippen molar-refractivity contribution in [3.63, 3.8) is 0 Å². The molecule has 0 aliphatic carbocycles. The van der Waals surface area contributed by atoms with E-state index in [0.717, 1.165) is 12.8 Å². The van der Waals surface area contributed by atoms with Crippen LogP contribution in [0.2, 0.25) is 0 Å². The smallest absolute Gasteiger partial charge is 0.412 e. The van der Waals surface area contributed by atoms with Crippen LogP contribution in [0.5, 0.6) is 0 Å². The second-order valence-electron chi connectivity index (χ2n) is 4.99. The predicted octanol–water partition coefficient (Wildman–Crippen LogP) is 1.35. The number of methoxy groups -OCH3 is 1. The highest BCUT2D eigenvalue weighted by Crippen LogP contribution is 2.26. The van der Waals surface area contributed by atoms with Gasteiger partial charge in [-0.3, -0.25) is 4.90 Å². The first kappa shape index (κ1) is 13.3. The fourth-order valence-corrected chi connectivity index (χ4v) is 1.84. The van der Waals surface area contributed by atoms with Gasteiger partial charge in [-0.05, 0) is 33.6 Å². The molecule has 0 aromatic carbocycles. The third kappa shape index (κ3) is 3.09. The molecule has 1 fully saturated rings. The number of rotatable bonds is 2. The van der Waals surface area contributed by atoms with Crippen molar-refractivity contribution in [1.29, 1.82) is 0 Å². The van der Waals surface area contributed by atoms with Gasteiger partial charge in [-0.25, -0.2) is 4.79 Å². The van der Waals surface area contributed by atoms with E-state index in [0.29, 0.717) is 0 Å². The molecule has 0 spiro atoms. The maximum atomic E-state index is 11.9. The number of nitrogens with zero attached hydrogens (tertiary/aromatic N) is 1. The summed E-state index contributed by atoms with van der Waals surface area (Å²) in [6.07, 6.45) is 0.776. The molecular formula is C11H21NO4. The maximum absolute atomic E-state index is 11.9. The highest BCUT2D eigenvalue weighted by atomic mass is 16.6. The number of amides is 1. The van der Waals surface area contributed by atoms with Crippen LogP contribution in [-0.2, 0) is 9.47 Å². The fourth-order valence-electron chi connectivity index (χ4n) is 1.84. The monoisotopic (exact) mass is 231 g/mol. The molecule has 1 amide bonds. The van der Waals surface area contributed by atoms with E-state index in [2.05, 4.69) is 0 Å². The van der Waals surface area contributed by atoms with Crippen LogP contribution in [0.15, 0.2) is 0 Å². The van der Waals surface area contributed by atoms with Gasteiger partial charge in [-0.2, -0.15) is 0 Å². The molecular weight excluding hydrogens is 210 g/mol. The van der Waals surface area contributed by atoms with Crippen molar-refractivity contribution in [3.05, 3.63) is 0 Å². The van der Waals surface area contributed by atoms with Crippen LogP contribution in [-0.4, -0.2) is 47.7 Å². The number of carbonyl (C=O) groups excluding carboxylic acids is 1. The Morgan fingerprint density at radius 3 is 2.50 bits per heavy atom. The number of hydrogen-bond donors (Lipinski definition) is 1. The molecule has 94 valence electrons. The molecule has 0 aromatic rings. The first-order valence-corrected chi connectivity index (χ1v) is 5.54. The van der Waals surface area contributed by atoms with Crippen LogP contribution in [0.25, 0.3) is 0 Å². The van der Waals surface area contributed by atoms with Crippen molar-refractivity contribution in [2.24, 2.45) is 0 Å². The highest BCUT2D eigenvalue weighted by molar-refractivity contribution is 5.69. The van der Waals surface area contributed by atoms with Crippen LogP contribution in [0.3, 0.4) is 0 Å². The minimum Gasteiger partial charge on any atom is -0.444 e. The molecule has 1 aliphatic rings. The maximum Gasteiger partial charge on any atom is 0.412 e. The van der Waals surface area contributed by atoms with Gasteiger partial charge < -0.3 is 14.6 Å². The van der Waals surface area contributed by atoms with E-state index < -0.39 is 11.7 Å². The number of likely N-dealkylation sites (tertiary alicyclic amines) is 1. The standard InChI is InChI=1S/C11H21NO4/c1-11(2,3)16-10(14)12-8(7-13)5-6-9(12)15-4/h8-9,13H,5-7H2,1-4H3/t8-,9?/m1/s1. The van der Waals surface area contributed by atoms with Crippen LogP contribution >= 0.6 is 0 Å². The molecule has 1 unspecified atom stereocenters.